The maximum absolute atomic E-state index is 8.39. The van der Waals surface area contributed by atoms with Crippen molar-refractivity contribution in [2.24, 2.45) is 0 Å². The summed E-state index contributed by atoms with van der Waals surface area (Å²) < 4.78 is 5.19. The number of benzene rings is 1. The Balaban J connectivity index is 2.38. The number of nitrogens with zero attached hydrogens (tertiary/aromatic N) is 1. The molecule has 0 spiro atoms. The fraction of sp³-hybridized carbons (Fsp3) is 0.462. The lowest BCUT2D eigenvalue weighted by molar-refractivity contribution is 0.412. The lowest BCUT2D eigenvalue weighted by atomic mass is 10.2. The normalized spacial score (nSPS) is 9.56. The molecular formula is C13H18N2O. The van der Waals surface area contributed by atoms with Crippen LogP contribution < -0.4 is 10.1 Å². The van der Waals surface area contributed by atoms with Gasteiger partial charge in [0.2, 0.25) is 0 Å². The molecule has 3 nitrogen and oxygen atoms in total. The first-order valence-electron chi connectivity index (χ1n) is 5.53. The lowest BCUT2D eigenvalue weighted by Gasteiger charge is -2.09. The lowest BCUT2D eigenvalue weighted by Crippen LogP contribution is -2.01. The monoisotopic (exact) mass is 218 g/mol. The molecule has 0 fully saturated rings. The van der Waals surface area contributed by atoms with Gasteiger partial charge in [-0.3, -0.25) is 0 Å². The summed E-state index contributed by atoms with van der Waals surface area (Å²) in [5, 5.41) is 11.7. The van der Waals surface area contributed by atoms with Gasteiger partial charge in [0.15, 0.2) is 0 Å². The van der Waals surface area contributed by atoms with E-state index in [2.05, 4.69) is 17.5 Å². The van der Waals surface area contributed by atoms with E-state index in [4.69, 9.17) is 10.00 Å². The molecule has 86 valence electrons. The van der Waals surface area contributed by atoms with Crippen molar-refractivity contribution in [2.45, 2.75) is 26.2 Å². The molecule has 0 heterocycles. The quantitative estimate of drug-likeness (QED) is 0.746. The number of unbranched alkanes of at least 4 members (excludes halogenated alkanes) is 2. The van der Waals surface area contributed by atoms with Crippen LogP contribution in [0.4, 0.5) is 5.69 Å². The van der Waals surface area contributed by atoms with E-state index in [0.717, 1.165) is 36.4 Å². The highest BCUT2D eigenvalue weighted by Gasteiger charge is 1.98. The van der Waals surface area contributed by atoms with Crippen molar-refractivity contribution in [2.75, 3.05) is 19.0 Å². The molecule has 0 aliphatic heterocycles. The molecular weight excluding hydrogens is 200 g/mol. The van der Waals surface area contributed by atoms with Gasteiger partial charge in [0, 0.05) is 18.7 Å². The van der Waals surface area contributed by atoms with Gasteiger partial charge in [-0.05, 0) is 43.5 Å². The zero-order valence-corrected chi connectivity index (χ0v) is 9.92. The third-order valence-electron chi connectivity index (χ3n) is 2.44. The number of methoxy groups -OCH3 is 1. The molecule has 0 saturated heterocycles. The Labute approximate surface area is 97.0 Å². The van der Waals surface area contributed by atoms with Gasteiger partial charge in [0.1, 0.15) is 5.75 Å². The van der Waals surface area contributed by atoms with Gasteiger partial charge in [-0.2, -0.15) is 5.26 Å². The minimum atomic E-state index is 0.642. The number of nitrogens with one attached hydrogen (secondary N) is 1. The Morgan fingerprint density at radius 2 is 2.19 bits per heavy atom. The summed E-state index contributed by atoms with van der Waals surface area (Å²) in [5.74, 6) is 0.912. The van der Waals surface area contributed by atoms with Crippen LogP contribution in [0.25, 0.3) is 0 Å². The van der Waals surface area contributed by atoms with E-state index in [1.165, 1.54) is 0 Å². The predicted octanol–water partition coefficient (Wildman–Crippen LogP) is 3.11. The van der Waals surface area contributed by atoms with Crippen LogP contribution >= 0.6 is 0 Å². The van der Waals surface area contributed by atoms with Crippen LogP contribution in [-0.4, -0.2) is 13.7 Å². The number of hydrogen-bond donors (Lipinski definition) is 1. The molecule has 0 unspecified atom stereocenters. The van der Waals surface area contributed by atoms with Gasteiger partial charge in [-0.25, -0.2) is 0 Å². The molecule has 0 atom stereocenters. The van der Waals surface area contributed by atoms with Crippen molar-refractivity contribution in [3.63, 3.8) is 0 Å². The van der Waals surface area contributed by atoms with E-state index in [9.17, 15) is 0 Å². The highest BCUT2D eigenvalue weighted by atomic mass is 16.5. The highest BCUT2D eigenvalue weighted by Crippen LogP contribution is 2.21. The minimum Gasteiger partial charge on any atom is -0.496 e. The number of ether oxygens (including phenoxy) is 1. The third kappa shape index (κ3) is 3.82. The van der Waals surface area contributed by atoms with Crippen molar-refractivity contribution >= 4 is 5.69 Å². The summed E-state index contributed by atoms with van der Waals surface area (Å²) in [6.45, 7) is 2.94. The fourth-order valence-electron chi connectivity index (χ4n) is 1.55. The first-order chi connectivity index (χ1) is 7.77. The topological polar surface area (TPSA) is 45.0 Å². The van der Waals surface area contributed by atoms with Crippen LogP contribution in [0, 0.1) is 18.3 Å². The van der Waals surface area contributed by atoms with Crippen LogP contribution in [0.2, 0.25) is 0 Å². The number of aryl methyl sites for hydroxylation is 1. The van der Waals surface area contributed by atoms with Crippen LogP contribution in [0.1, 0.15) is 24.8 Å². The Kier molecular flexibility index (Phi) is 5.21. The minimum absolute atomic E-state index is 0.642. The zero-order valence-electron chi connectivity index (χ0n) is 9.92. The highest BCUT2D eigenvalue weighted by molar-refractivity contribution is 5.50. The summed E-state index contributed by atoms with van der Waals surface area (Å²) in [6.07, 6.45) is 2.63. The second kappa shape index (κ2) is 6.73. The molecule has 0 aromatic heterocycles. The molecule has 1 aromatic carbocycles. The van der Waals surface area contributed by atoms with Crippen LogP contribution in [0.15, 0.2) is 18.2 Å². The molecule has 0 aliphatic rings. The number of nitriles is 1. The van der Waals surface area contributed by atoms with Crippen LogP contribution in [0.5, 0.6) is 5.75 Å². The average Bonchev–Trinajstić information content (AvgIpc) is 2.29. The van der Waals surface area contributed by atoms with Crippen molar-refractivity contribution in [3.8, 4) is 11.8 Å². The second-order valence-corrected chi connectivity index (χ2v) is 3.73. The predicted molar refractivity (Wildman–Crippen MR) is 65.7 cm³/mol. The molecule has 3 heteroatoms. The first kappa shape index (κ1) is 12.4. The van der Waals surface area contributed by atoms with E-state index < -0.39 is 0 Å². The Hall–Kier alpha value is -1.69. The molecule has 0 bridgehead atoms. The number of anilines is 1. The Bertz CT molecular complexity index is 369. The smallest absolute Gasteiger partial charge is 0.121 e. The van der Waals surface area contributed by atoms with Crippen molar-refractivity contribution in [1.82, 2.24) is 0 Å². The molecule has 1 N–H and O–H groups in total. The molecule has 0 aliphatic carbocycles. The molecule has 1 aromatic rings. The number of hydrogen-bond acceptors (Lipinski definition) is 3. The van der Waals surface area contributed by atoms with Gasteiger partial charge in [0.05, 0.1) is 13.2 Å². The van der Waals surface area contributed by atoms with Gasteiger partial charge >= 0.3 is 0 Å². The Morgan fingerprint density at radius 3 is 2.81 bits per heavy atom. The van der Waals surface area contributed by atoms with E-state index in [0.29, 0.717) is 6.42 Å². The number of rotatable bonds is 6. The summed E-state index contributed by atoms with van der Waals surface area (Å²) in [5.41, 5.74) is 2.24. The largest absolute Gasteiger partial charge is 0.496 e. The Morgan fingerprint density at radius 1 is 1.38 bits per heavy atom. The molecule has 0 radical (unpaired) electrons. The third-order valence-corrected chi connectivity index (χ3v) is 2.44. The summed E-state index contributed by atoms with van der Waals surface area (Å²) in [6, 6.07) is 8.19. The second-order valence-electron chi connectivity index (χ2n) is 3.73. The molecule has 0 amide bonds. The SMILES string of the molecule is COc1ccc(NCCCCC#N)cc1C. The van der Waals surface area contributed by atoms with E-state index in [1.807, 2.05) is 19.1 Å². The fourth-order valence-corrected chi connectivity index (χ4v) is 1.55. The maximum atomic E-state index is 8.39. The molecule has 16 heavy (non-hydrogen) atoms. The summed E-state index contributed by atoms with van der Waals surface area (Å²) >= 11 is 0. The van der Waals surface area contributed by atoms with Gasteiger partial charge < -0.3 is 10.1 Å². The van der Waals surface area contributed by atoms with E-state index in [1.54, 1.807) is 7.11 Å². The van der Waals surface area contributed by atoms with Crippen LogP contribution in [-0.2, 0) is 0 Å². The maximum Gasteiger partial charge on any atom is 0.121 e. The van der Waals surface area contributed by atoms with Crippen molar-refractivity contribution < 1.29 is 4.74 Å². The van der Waals surface area contributed by atoms with Crippen molar-refractivity contribution in [3.05, 3.63) is 23.8 Å². The van der Waals surface area contributed by atoms with Gasteiger partial charge in [-0.15, -0.1) is 0 Å². The van der Waals surface area contributed by atoms with E-state index >= 15 is 0 Å². The van der Waals surface area contributed by atoms with Crippen LogP contribution in [0.3, 0.4) is 0 Å². The summed E-state index contributed by atoms with van der Waals surface area (Å²) in [7, 11) is 1.68. The average molecular weight is 218 g/mol. The molecule has 1 rings (SSSR count). The first-order valence-corrected chi connectivity index (χ1v) is 5.53. The summed E-state index contributed by atoms with van der Waals surface area (Å²) in [4.78, 5) is 0. The molecule has 0 saturated carbocycles. The zero-order chi connectivity index (χ0) is 11.8. The van der Waals surface area contributed by atoms with Crippen molar-refractivity contribution in [1.29, 1.82) is 5.26 Å². The van der Waals surface area contributed by atoms with E-state index in [-0.39, 0.29) is 0 Å². The van der Waals surface area contributed by atoms with Gasteiger partial charge in [-0.1, -0.05) is 0 Å². The standard InChI is InChI=1S/C13H18N2O/c1-11-10-12(6-7-13(11)16-2)15-9-5-3-4-8-14/h6-7,10,15H,3-5,9H2,1-2H3. The van der Waals surface area contributed by atoms with Gasteiger partial charge in [0.25, 0.3) is 0 Å².